The van der Waals surface area contributed by atoms with Gasteiger partial charge in [0.15, 0.2) is 0 Å². The highest BCUT2D eigenvalue weighted by Crippen LogP contribution is 2.17. The Balaban J connectivity index is 0.00000225. The summed E-state index contributed by atoms with van der Waals surface area (Å²) < 4.78 is 5.42. The third kappa shape index (κ3) is 4.51. The van der Waals surface area contributed by atoms with E-state index in [0.717, 1.165) is 11.3 Å². The molecule has 0 bridgehead atoms. The van der Waals surface area contributed by atoms with Crippen LogP contribution in [0.25, 0.3) is 0 Å². The average Bonchev–Trinajstić information content (AvgIpc) is 2.28. The van der Waals surface area contributed by atoms with Crippen LogP contribution in [0.3, 0.4) is 0 Å². The maximum absolute atomic E-state index is 11.0. The summed E-state index contributed by atoms with van der Waals surface area (Å²) in [6.07, 6.45) is 0. The van der Waals surface area contributed by atoms with E-state index in [1.165, 1.54) is 0 Å². The minimum atomic E-state index is -0.165. The molecule has 0 heterocycles. The van der Waals surface area contributed by atoms with Gasteiger partial charge in [0.05, 0.1) is 13.2 Å². The van der Waals surface area contributed by atoms with E-state index in [9.17, 15) is 4.79 Å². The van der Waals surface area contributed by atoms with Crippen LogP contribution in [0.2, 0.25) is 0 Å². The van der Waals surface area contributed by atoms with Crippen LogP contribution >= 0.6 is 12.4 Å². The van der Waals surface area contributed by atoms with E-state index in [2.05, 4.69) is 5.32 Å². The standard InChI is InChI=1S/C11H16N2O2.ClH/c1-2-15-10-6-4-3-5-9(10)8-13-11(14)7-12;/h3-6H,2,7-8,12H2,1H3,(H,13,14);1H. The summed E-state index contributed by atoms with van der Waals surface area (Å²) in [5.74, 6) is 0.638. The summed E-state index contributed by atoms with van der Waals surface area (Å²) in [6, 6.07) is 7.61. The van der Waals surface area contributed by atoms with Gasteiger partial charge in [-0.3, -0.25) is 4.79 Å². The number of hydrogen-bond donors (Lipinski definition) is 2. The lowest BCUT2D eigenvalue weighted by Gasteiger charge is -2.10. The van der Waals surface area contributed by atoms with Crippen LogP contribution in [0.15, 0.2) is 24.3 Å². The minimum Gasteiger partial charge on any atom is -0.494 e. The lowest BCUT2D eigenvalue weighted by Crippen LogP contribution is -2.29. The van der Waals surface area contributed by atoms with E-state index in [1.807, 2.05) is 31.2 Å². The zero-order chi connectivity index (χ0) is 11.1. The number of para-hydroxylation sites is 1. The third-order valence-corrected chi connectivity index (χ3v) is 1.93. The fourth-order valence-corrected chi connectivity index (χ4v) is 1.21. The molecule has 0 aliphatic heterocycles. The number of halogens is 1. The number of amides is 1. The molecule has 1 aromatic carbocycles. The van der Waals surface area contributed by atoms with Gasteiger partial charge < -0.3 is 15.8 Å². The maximum atomic E-state index is 11.0. The molecule has 0 saturated carbocycles. The largest absolute Gasteiger partial charge is 0.494 e. The zero-order valence-electron chi connectivity index (χ0n) is 9.23. The lowest BCUT2D eigenvalue weighted by molar-refractivity contribution is -0.119. The molecule has 0 saturated heterocycles. The second-order valence-corrected chi connectivity index (χ2v) is 3.02. The van der Waals surface area contributed by atoms with Gasteiger partial charge in [0.25, 0.3) is 0 Å². The normalized spacial score (nSPS) is 9.12. The van der Waals surface area contributed by atoms with Gasteiger partial charge in [0.1, 0.15) is 5.75 Å². The SMILES string of the molecule is CCOc1ccccc1CNC(=O)CN.Cl. The molecule has 1 aromatic rings. The number of rotatable bonds is 5. The molecule has 0 aromatic heterocycles. The number of carbonyl (C=O) groups excluding carboxylic acids is 1. The summed E-state index contributed by atoms with van der Waals surface area (Å²) in [4.78, 5) is 11.0. The highest BCUT2D eigenvalue weighted by molar-refractivity contribution is 5.85. The molecule has 1 rings (SSSR count). The van der Waals surface area contributed by atoms with Gasteiger partial charge in [-0.1, -0.05) is 18.2 Å². The van der Waals surface area contributed by atoms with Crippen LogP contribution in [0, 0.1) is 0 Å². The predicted octanol–water partition coefficient (Wildman–Crippen LogP) is 1.08. The summed E-state index contributed by atoms with van der Waals surface area (Å²) in [5.41, 5.74) is 6.15. The molecule has 0 atom stereocenters. The van der Waals surface area contributed by atoms with Crippen molar-refractivity contribution in [1.29, 1.82) is 0 Å². The monoisotopic (exact) mass is 244 g/mol. The maximum Gasteiger partial charge on any atom is 0.234 e. The van der Waals surface area contributed by atoms with Gasteiger partial charge >= 0.3 is 0 Å². The predicted molar refractivity (Wildman–Crippen MR) is 65.8 cm³/mol. The minimum absolute atomic E-state index is 0. The van der Waals surface area contributed by atoms with E-state index in [4.69, 9.17) is 10.5 Å². The van der Waals surface area contributed by atoms with E-state index < -0.39 is 0 Å². The number of benzene rings is 1. The smallest absolute Gasteiger partial charge is 0.234 e. The van der Waals surface area contributed by atoms with E-state index in [1.54, 1.807) is 0 Å². The zero-order valence-corrected chi connectivity index (χ0v) is 10.0. The molecule has 0 fully saturated rings. The third-order valence-electron chi connectivity index (χ3n) is 1.93. The van der Waals surface area contributed by atoms with Crippen molar-refractivity contribution in [2.75, 3.05) is 13.2 Å². The molecule has 0 spiro atoms. The number of hydrogen-bond acceptors (Lipinski definition) is 3. The van der Waals surface area contributed by atoms with Crippen LogP contribution in [0.1, 0.15) is 12.5 Å². The van der Waals surface area contributed by atoms with Gasteiger partial charge in [-0.25, -0.2) is 0 Å². The van der Waals surface area contributed by atoms with E-state index in [0.29, 0.717) is 13.2 Å². The van der Waals surface area contributed by atoms with Crippen molar-refractivity contribution in [3.8, 4) is 5.75 Å². The first-order valence-corrected chi connectivity index (χ1v) is 4.95. The number of carbonyl (C=O) groups is 1. The molecule has 0 radical (unpaired) electrons. The van der Waals surface area contributed by atoms with Crippen molar-refractivity contribution < 1.29 is 9.53 Å². The summed E-state index contributed by atoms with van der Waals surface area (Å²) in [6.45, 7) is 3.00. The Hall–Kier alpha value is -1.26. The number of nitrogens with one attached hydrogen (secondary N) is 1. The van der Waals surface area contributed by atoms with Crippen molar-refractivity contribution in [3.05, 3.63) is 29.8 Å². The van der Waals surface area contributed by atoms with Crippen molar-refractivity contribution in [3.63, 3.8) is 0 Å². The van der Waals surface area contributed by atoms with E-state index >= 15 is 0 Å². The molecule has 90 valence electrons. The van der Waals surface area contributed by atoms with Crippen molar-refractivity contribution >= 4 is 18.3 Å². The van der Waals surface area contributed by atoms with Gasteiger partial charge in [-0.2, -0.15) is 0 Å². The van der Waals surface area contributed by atoms with Gasteiger partial charge in [0, 0.05) is 12.1 Å². The number of nitrogens with two attached hydrogens (primary N) is 1. The molecule has 5 heteroatoms. The first-order valence-electron chi connectivity index (χ1n) is 4.95. The Kier molecular flexibility index (Phi) is 7.33. The summed E-state index contributed by atoms with van der Waals surface area (Å²) in [5, 5.41) is 2.70. The fraction of sp³-hybridized carbons (Fsp3) is 0.364. The first-order chi connectivity index (χ1) is 7.27. The Morgan fingerprint density at radius 2 is 2.12 bits per heavy atom. The Labute approximate surface area is 102 Å². The molecular weight excluding hydrogens is 228 g/mol. The van der Waals surface area contributed by atoms with E-state index in [-0.39, 0.29) is 24.9 Å². The Bertz CT molecular complexity index is 332. The van der Waals surface area contributed by atoms with Crippen LogP contribution < -0.4 is 15.8 Å². The second-order valence-electron chi connectivity index (χ2n) is 3.02. The van der Waals surface area contributed by atoms with Gasteiger partial charge in [0.2, 0.25) is 5.91 Å². The molecule has 16 heavy (non-hydrogen) atoms. The number of ether oxygens (including phenoxy) is 1. The molecule has 1 amide bonds. The van der Waals surface area contributed by atoms with Crippen LogP contribution in [0.5, 0.6) is 5.75 Å². The molecule has 4 nitrogen and oxygen atoms in total. The molecule has 0 unspecified atom stereocenters. The Morgan fingerprint density at radius 3 is 2.75 bits per heavy atom. The van der Waals surface area contributed by atoms with Crippen LogP contribution in [0.4, 0.5) is 0 Å². The van der Waals surface area contributed by atoms with Gasteiger partial charge in [-0.05, 0) is 13.0 Å². The average molecular weight is 245 g/mol. The highest BCUT2D eigenvalue weighted by atomic mass is 35.5. The van der Waals surface area contributed by atoms with Crippen molar-refractivity contribution in [1.82, 2.24) is 5.32 Å². The summed E-state index contributed by atoms with van der Waals surface area (Å²) >= 11 is 0. The fourth-order valence-electron chi connectivity index (χ4n) is 1.21. The highest BCUT2D eigenvalue weighted by Gasteiger charge is 2.03. The summed E-state index contributed by atoms with van der Waals surface area (Å²) in [7, 11) is 0. The van der Waals surface area contributed by atoms with Crippen LogP contribution in [-0.2, 0) is 11.3 Å². The Morgan fingerprint density at radius 1 is 1.44 bits per heavy atom. The first kappa shape index (κ1) is 14.7. The lowest BCUT2D eigenvalue weighted by atomic mass is 10.2. The van der Waals surface area contributed by atoms with Gasteiger partial charge in [-0.15, -0.1) is 12.4 Å². The quantitative estimate of drug-likeness (QED) is 0.815. The molecular formula is C11H17ClN2O2. The molecule has 0 aliphatic carbocycles. The topological polar surface area (TPSA) is 64.3 Å². The second kappa shape index (κ2) is 7.96. The van der Waals surface area contributed by atoms with Crippen LogP contribution in [-0.4, -0.2) is 19.1 Å². The van der Waals surface area contributed by atoms with Crippen molar-refractivity contribution in [2.45, 2.75) is 13.5 Å². The van der Waals surface area contributed by atoms with Crippen molar-refractivity contribution in [2.24, 2.45) is 5.73 Å². The molecule has 0 aliphatic rings. The molecule has 3 N–H and O–H groups in total.